The van der Waals surface area contributed by atoms with Gasteiger partial charge < -0.3 is 10.0 Å². The molecule has 3 heterocycles. The first-order valence-electron chi connectivity index (χ1n) is 9.55. The number of aryl methyl sites for hydroxylation is 1. The minimum absolute atomic E-state index is 0.0363. The summed E-state index contributed by atoms with van der Waals surface area (Å²) in [5, 5.41) is 11.0. The zero-order chi connectivity index (χ0) is 18.9. The molecule has 2 aliphatic heterocycles. The molecule has 1 aromatic heterocycles. The standard InChI is InChI=1S/C21H26N4O2/c1-15-5-4-6-16(13-15)21(27)8-11-25(12-9-21)20(26)19-14-18(23-24-19)17-7-2-3-10-22-17/h2-7,10,13,18-19,23-24,27H,8-9,11-12,14H2,1H3. The van der Waals surface area contributed by atoms with Crippen molar-refractivity contribution >= 4 is 5.91 Å². The number of carbonyl (C=O) groups excluding carboxylic acids is 1. The topological polar surface area (TPSA) is 77.5 Å². The highest BCUT2D eigenvalue weighted by molar-refractivity contribution is 5.82. The fraction of sp³-hybridized carbons (Fsp3) is 0.429. The summed E-state index contributed by atoms with van der Waals surface area (Å²) >= 11 is 0. The van der Waals surface area contributed by atoms with Crippen LogP contribution in [0.2, 0.25) is 0 Å². The van der Waals surface area contributed by atoms with E-state index in [2.05, 4.69) is 15.8 Å². The van der Waals surface area contributed by atoms with Crippen molar-refractivity contribution in [3.63, 3.8) is 0 Å². The fourth-order valence-electron chi connectivity index (χ4n) is 4.03. The maximum atomic E-state index is 12.9. The van der Waals surface area contributed by atoms with Crippen LogP contribution in [0, 0.1) is 6.92 Å². The maximum Gasteiger partial charge on any atom is 0.241 e. The molecule has 1 aromatic carbocycles. The second-order valence-corrected chi connectivity index (χ2v) is 7.61. The quantitative estimate of drug-likeness (QED) is 0.772. The number of amides is 1. The van der Waals surface area contributed by atoms with Crippen molar-refractivity contribution in [2.45, 2.75) is 43.9 Å². The highest BCUT2D eigenvalue weighted by atomic mass is 16.3. The molecule has 6 heteroatoms. The highest BCUT2D eigenvalue weighted by Crippen LogP contribution is 2.34. The van der Waals surface area contributed by atoms with E-state index in [1.165, 1.54) is 0 Å². The van der Waals surface area contributed by atoms with Crippen LogP contribution in [0.5, 0.6) is 0 Å². The number of pyridine rings is 1. The Morgan fingerprint density at radius 1 is 1.19 bits per heavy atom. The summed E-state index contributed by atoms with van der Waals surface area (Å²) in [5.74, 6) is 0.0900. The molecule has 2 aromatic rings. The molecule has 2 unspecified atom stereocenters. The first-order chi connectivity index (χ1) is 13.0. The minimum atomic E-state index is -0.847. The van der Waals surface area contributed by atoms with Gasteiger partial charge in [0, 0.05) is 19.3 Å². The molecule has 0 aliphatic carbocycles. The van der Waals surface area contributed by atoms with Gasteiger partial charge >= 0.3 is 0 Å². The molecule has 2 atom stereocenters. The molecule has 0 radical (unpaired) electrons. The summed E-state index contributed by atoms with van der Waals surface area (Å²) < 4.78 is 0. The first kappa shape index (κ1) is 18.1. The van der Waals surface area contributed by atoms with Crippen LogP contribution in [0.1, 0.15) is 42.1 Å². The van der Waals surface area contributed by atoms with Crippen LogP contribution < -0.4 is 10.9 Å². The van der Waals surface area contributed by atoms with Gasteiger partial charge in [0.05, 0.1) is 17.3 Å². The Kier molecular flexibility index (Phi) is 4.95. The van der Waals surface area contributed by atoms with Crippen LogP contribution in [0.4, 0.5) is 0 Å². The van der Waals surface area contributed by atoms with Gasteiger partial charge in [-0.05, 0) is 43.9 Å². The van der Waals surface area contributed by atoms with E-state index in [4.69, 9.17) is 0 Å². The molecular formula is C21H26N4O2. The van der Waals surface area contributed by atoms with Crippen LogP contribution in [0.25, 0.3) is 0 Å². The summed E-state index contributed by atoms with van der Waals surface area (Å²) in [6.07, 6.45) is 3.56. The van der Waals surface area contributed by atoms with Crippen molar-refractivity contribution in [2.75, 3.05) is 13.1 Å². The third-order valence-corrected chi connectivity index (χ3v) is 5.70. The van der Waals surface area contributed by atoms with Gasteiger partial charge in [-0.25, -0.2) is 10.9 Å². The summed E-state index contributed by atoms with van der Waals surface area (Å²) in [4.78, 5) is 19.1. The molecule has 142 valence electrons. The lowest BCUT2D eigenvalue weighted by molar-refractivity contribution is -0.137. The van der Waals surface area contributed by atoms with E-state index in [0.717, 1.165) is 16.8 Å². The number of carbonyl (C=O) groups is 1. The lowest BCUT2D eigenvalue weighted by atomic mass is 9.83. The lowest BCUT2D eigenvalue weighted by Gasteiger charge is -2.39. The minimum Gasteiger partial charge on any atom is -0.385 e. The Morgan fingerprint density at radius 2 is 2.00 bits per heavy atom. The first-order valence-corrected chi connectivity index (χ1v) is 9.55. The smallest absolute Gasteiger partial charge is 0.241 e. The molecule has 0 spiro atoms. The van der Waals surface area contributed by atoms with E-state index in [1.807, 2.05) is 54.3 Å². The zero-order valence-corrected chi connectivity index (χ0v) is 15.6. The zero-order valence-electron chi connectivity index (χ0n) is 15.6. The van der Waals surface area contributed by atoms with Crippen molar-refractivity contribution in [1.82, 2.24) is 20.7 Å². The molecule has 0 saturated carbocycles. The number of nitrogens with one attached hydrogen (secondary N) is 2. The van der Waals surface area contributed by atoms with Crippen molar-refractivity contribution < 1.29 is 9.90 Å². The number of rotatable bonds is 3. The number of hydrogen-bond donors (Lipinski definition) is 3. The van der Waals surface area contributed by atoms with Gasteiger partial charge in [-0.15, -0.1) is 0 Å². The molecule has 6 nitrogen and oxygen atoms in total. The average molecular weight is 366 g/mol. The van der Waals surface area contributed by atoms with E-state index in [9.17, 15) is 9.90 Å². The number of piperidine rings is 1. The van der Waals surface area contributed by atoms with Crippen molar-refractivity contribution in [2.24, 2.45) is 0 Å². The summed E-state index contributed by atoms with van der Waals surface area (Å²) in [6.45, 7) is 3.16. The lowest BCUT2D eigenvalue weighted by Crippen LogP contribution is -2.51. The molecule has 0 bridgehead atoms. The monoisotopic (exact) mass is 366 g/mol. The molecule has 1 amide bonds. The maximum absolute atomic E-state index is 12.9. The van der Waals surface area contributed by atoms with Gasteiger partial charge in [0.2, 0.25) is 5.91 Å². The van der Waals surface area contributed by atoms with Crippen LogP contribution in [0.3, 0.4) is 0 Å². The Balaban J connectivity index is 1.36. The van der Waals surface area contributed by atoms with E-state index >= 15 is 0 Å². The molecule has 2 aliphatic rings. The van der Waals surface area contributed by atoms with E-state index < -0.39 is 5.60 Å². The number of nitrogens with zero attached hydrogens (tertiary/aromatic N) is 2. The highest BCUT2D eigenvalue weighted by Gasteiger charge is 2.39. The number of benzene rings is 1. The van der Waals surface area contributed by atoms with Crippen molar-refractivity contribution in [1.29, 1.82) is 0 Å². The molecule has 2 fully saturated rings. The Bertz CT molecular complexity index is 803. The predicted octanol–water partition coefficient (Wildman–Crippen LogP) is 1.81. The van der Waals surface area contributed by atoms with Gasteiger partial charge in [0.25, 0.3) is 0 Å². The molecular weight excluding hydrogens is 340 g/mol. The van der Waals surface area contributed by atoms with E-state index in [-0.39, 0.29) is 18.0 Å². The van der Waals surface area contributed by atoms with Gasteiger partial charge in [-0.3, -0.25) is 9.78 Å². The fourth-order valence-corrected chi connectivity index (χ4v) is 4.03. The SMILES string of the molecule is Cc1cccc(C2(O)CCN(C(=O)C3CC(c4ccccn4)NN3)CC2)c1. The molecule has 2 saturated heterocycles. The molecule has 27 heavy (non-hydrogen) atoms. The van der Waals surface area contributed by atoms with E-state index in [1.54, 1.807) is 6.20 Å². The number of aliphatic hydroxyl groups is 1. The number of hydrogen-bond acceptors (Lipinski definition) is 5. The predicted molar refractivity (Wildman–Crippen MR) is 103 cm³/mol. The van der Waals surface area contributed by atoms with Gasteiger partial charge in [-0.1, -0.05) is 35.9 Å². The second kappa shape index (κ2) is 7.38. The van der Waals surface area contributed by atoms with Crippen molar-refractivity contribution in [3.05, 3.63) is 65.5 Å². The third-order valence-electron chi connectivity index (χ3n) is 5.70. The normalized spacial score (nSPS) is 24.7. The number of hydrazine groups is 1. The number of likely N-dealkylation sites (tertiary alicyclic amines) is 1. The van der Waals surface area contributed by atoms with Crippen LogP contribution in [-0.2, 0) is 10.4 Å². The molecule has 3 N–H and O–H groups in total. The summed E-state index contributed by atoms with van der Waals surface area (Å²) in [6, 6.07) is 13.6. The Morgan fingerprint density at radius 3 is 2.70 bits per heavy atom. The average Bonchev–Trinajstić information content (AvgIpc) is 3.19. The van der Waals surface area contributed by atoms with Crippen LogP contribution in [-0.4, -0.2) is 40.0 Å². The van der Waals surface area contributed by atoms with Gasteiger partial charge in [0.1, 0.15) is 6.04 Å². The van der Waals surface area contributed by atoms with Gasteiger partial charge in [0.15, 0.2) is 0 Å². The van der Waals surface area contributed by atoms with Crippen LogP contribution >= 0.6 is 0 Å². The van der Waals surface area contributed by atoms with Crippen LogP contribution in [0.15, 0.2) is 48.7 Å². The molecule has 4 rings (SSSR count). The largest absolute Gasteiger partial charge is 0.385 e. The van der Waals surface area contributed by atoms with Crippen molar-refractivity contribution in [3.8, 4) is 0 Å². The Labute approximate surface area is 159 Å². The third kappa shape index (κ3) is 3.74. The second-order valence-electron chi connectivity index (χ2n) is 7.61. The van der Waals surface area contributed by atoms with Gasteiger partial charge in [-0.2, -0.15) is 0 Å². The van der Waals surface area contributed by atoms with E-state index in [0.29, 0.717) is 32.4 Å². The Hall–Kier alpha value is -2.28. The summed E-state index contributed by atoms with van der Waals surface area (Å²) in [5.41, 5.74) is 8.48. The number of aromatic nitrogens is 1. The summed E-state index contributed by atoms with van der Waals surface area (Å²) in [7, 11) is 0.